The number of rotatable bonds is 3. The number of amides is 1. The number of H-pyrrole nitrogens is 1. The lowest BCUT2D eigenvalue weighted by Gasteiger charge is -2.34. The molecule has 1 aliphatic rings. The van der Waals surface area contributed by atoms with Gasteiger partial charge in [0, 0.05) is 29.3 Å². The van der Waals surface area contributed by atoms with Gasteiger partial charge in [-0.1, -0.05) is 11.6 Å². The van der Waals surface area contributed by atoms with E-state index in [-0.39, 0.29) is 45.6 Å². The number of hydrogen-bond acceptors (Lipinski definition) is 4. The Bertz CT molecular complexity index is 1530. The second-order valence-electron chi connectivity index (χ2n) is 7.85. The maximum absolute atomic E-state index is 14.1. The number of aromatic amines is 1. The summed E-state index contributed by atoms with van der Waals surface area (Å²) < 4.78 is 60.0. The summed E-state index contributed by atoms with van der Waals surface area (Å²) in [5.74, 6) is -2.80. The molecular formula is C22H15ClF4N4O3. The SMILES string of the molecule is CN(C(=O)c1ccc2nn(C(F)F)c(Cl)c2c1)[C@@H]1COCc2[nH]c(=O)c3cc(F)c(F)cc3c21. The molecule has 12 heteroatoms. The number of halogens is 5. The quantitative estimate of drug-likeness (QED) is 0.424. The van der Waals surface area contributed by atoms with Crippen molar-refractivity contribution < 1.29 is 27.1 Å². The Morgan fingerprint density at radius 2 is 1.91 bits per heavy atom. The summed E-state index contributed by atoms with van der Waals surface area (Å²) in [6.07, 6.45) is 0. The van der Waals surface area contributed by atoms with E-state index in [0.29, 0.717) is 15.9 Å². The first-order valence-electron chi connectivity index (χ1n) is 10.0. The number of pyridine rings is 1. The minimum absolute atomic E-state index is 0.0203. The van der Waals surface area contributed by atoms with Gasteiger partial charge in [0.2, 0.25) is 0 Å². The molecule has 0 spiro atoms. The van der Waals surface area contributed by atoms with Crippen LogP contribution in [0.2, 0.25) is 5.15 Å². The molecule has 1 amide bonds. The summed E-state index contributed by atoms with van der Waals surface area (Å²) in [5.41, 5.74) is 0.499. The van der Waals surface area contributed by atoms with Crippen molar-refractivity contribution in [1.29, 1.82) is 0 Å². The highest BCUT2D eigenvalue weighted by molar-refractivity contribution is 6.34. The van der Waals surface area contributed by atoms with Gasteiger partial charge in [-0.2, -0.15) is 18.6 Å². The van der Waals surface area contributed by atoms with Crippen LogP contribution in [0.15, 0.2) is 35.1 Å². The Hall–Kier alpha value is -3.44. The largest absolute Gasteiger partial charge is 0.373 e. The second-order valence-corrected chi connectivity index (χ2v) is 8.21. The Morgan fingerprint density at radius 3 is 2.62 bits per heavy atom. The Morgan fingerprint density at radius 1 is 1.21 bits per heavy atom. The number of benzene rings is 2. The van der Waals surface area contributed by atoms with Crippen molar-refractivity contribution >= 4 is 39.2 Å². The molecule has 1 N–H and O–H groups in total. The van der Waals surface area contributed by atoms with Crippen LogP contribution in [0.1, 0.15) is 34.2 Å². The van der Waals surface area contributed by atoms with Crippen LogP contribution in [-0.4, -0.2) is 39.2 Å². The molecule has 1 atom stereocenters. The van der Waals surface area contributed by atoms with Crippen LogP contribution in [-0.2, 0) is 11.3 Å². The zero-order valence-corrected chi connectivity index (χ0v) is 18.2. The predicted octanol–water partition coefficient (Wildman–Crippen LogP) is 4.55. The number of carbonyl (C=O) groups is 1. The van der Waals surface area contributed by atoms with Crippen molar-refractivity contribution in [3.8, 4) is 0 Å². The molecule has 0 saturated heterocycles. The molecule has 176 valence electrons. The molecule has 0 unspecified atom stereocenters. The van der Waals surface area contributed by atoms with Crippen LogP contribution in [0.3, 0.4) is 0 Å². The molecule has 3 heterocycles. The third kappa shape index (κ3) is 3.43. The van der Waals surface area contributed by atoms with Gasteiger partial charge in [0.25, 0.3) is 11.5 Å². The highest BCUT2D eigenvalue weighted by Crippen LogP contribution is 2.35. The van der Waals surface area contributed by atoms with Crippen molar-refractivity contribution in [2.75, 3.05) is 13.7 Å². The molecule has 0 radical (unpaired) electrons. The van der Waals surface area contributed by atoms with E-state index in [0.717, 1.165) is 12.1 Å². The molecule has 7 nitrogen and oxygen atoms in total. The fourth-order valence-electron chi connectivity index (χ4n) is 4.23. The maximum atomic E-state index is 14.1. The van der Waals surface area contributed by atoms with Crippen LogP contribution in [0.4, 0.5) is 17.6 Å². The average Bonchev–Trinajstić information content (AvgIpc) is 3.15. The van der Waals surface area contributed by atoms with E-state index in [2.05, 4.69) is 10.1 Å². The highest BCUT2D eigenvalue weighted by atomic mass is 35.5. The van der Waals surface area contributed by atoms with Gasteiger partial charge in [-0.15, -0.1) is 0 Å². The lowest BCUT2D eigenvalue weighted by Crippen LogP contribution is -2.37. The summed E-state index contributed by atoms with van der Waals surface area (Å²) in [6, 6.07) is 5.17. The molecule has 0 aliphatic carbocycles. The van der Waals surface area contributed by atoms with Gasteiger partial charge >= 0.3 is 6.55 Å². The summed E-state index contributed by atoms with van der Waals surface area (Å²) in [5, 5.41) is 3.70. The summed E-state index contributed by atoms with van der Waals surface area (Å²) >= 11 is 6.01. The molecular weight excluding hydrogens is 480 g/mol. The van der Waals surface area contributed by atoms with Gasteiger partial charge in [0.05, 0.1) is 30.2 Å². The number of fused-ring (bicyclic) bond motifs is 4. The number of ether oxygens (including phenoxy) is 1. The van der Waals surface area contributed by atoms with E-state index in [1.165, 1.54) is 30.1 Å². The van der Waals surface area contributed by atoms with E-state index in [4.69, 9.17) is 16.3 Å². The maximum Gasteiger partial charge on any atom is 0.334 e. The molecule has 5 rings (SSSR count). The molecule has 0 saturated carbocycles. The summed E-state index contributed by atoms with van der Waals surface area (Å²) in [4.78, 5) is 29.7. The number of likely N-dealkylation sites (N-methyl/N-ethyl adjacent to an activating group) is 1. The Kier molecular flexibility index (Phi) is 5.33. The average molecular weight is 495 g/mol. The lowest BCUT2D eigenvalue weighted by atomic mass is 9.95. The second kappa shape index (κ2) is 8.10. The van der Waals surface area contributed by atoms with Crippen LogP contribution in [0.25, 0.3) is 21.7 Å². The molecule has 4 aromatic rings. The van der Waals surface area contributed by atoms with Crippen molar-refractivity contribution in [2.24, 2.45) is 0 Å². The van der Waals surface area contributed by atoms with E-state index in [1.807, 2.05) is 0 Å². The van der Waals surface area contributed by atoms with Crippen molar-refractivity contribution in [3.63, 3.8) is 0 Å². The fourth-order valence-corrected chi connectivity index (χ4v) is 4.49. The number of nitrogens with one attached hydrogen (secondary N) is 1. The van der Waals surface area contributed by atoms with Crippen molar-refractivity contribution in [2.45, 2.75) is 19.2 Å². The molecule has 34 heavy (non-hydrogen) atoms. The minimum Gasteiger partial charge on any atom is -0.373 e. The summed E-state index contributed by atoms with van der Waals surface area (Å²) in [6.45, 7) is -2.90. The third-order valence-corrected chi connectivity index (χ3v) is 6.27. The third-order valence-electron chi connectivity index (χ3n) is 5.90. The smallest absolute Gasteiger partial charge is 0.334 e. The monoisotopic (exact) mass is 494 g/mol. The zero-order valence-electron chi connectivity index (χ0n) is 17.4. The summed E-state index contributed by atoms with van der Waals surface area (Å²) in [7, 11) is 1.48. The van der Waals surface area contributed by atoms with E-state index >= 15 is 0 Å². The molecule has 0 bridgehead atoms. The number of hydrogen-bond donors (Lipinski definition) is 1. The minimum atomic E-state index is -2.95. The zero-order chi connectivity index (χ0) is 24.3. The van der Waals surface area contributed by atoms with E-state index in [9.17, 15) is 27.2 Å². The van der Waals surface area contributed by atoms with Gasteiger partial charge in [-0.25, -0.2) is 8.78 Å². The van der Waals surface area contributed by atoms with E-state index in [1.54, 1.807) is 0 Å². The topological polar surface area (TPSA) is 80.2 Å². The molecule has 2 aromatic heterocycles. The van der Waals surface area contributed by atoms with Crippen molar-refractivity contribution in [3.05, 3.63) is 74.3 Å². The molecule has 1 aliphatic heterocycles. The standard InChI is InChI=1S/C22H15ClF4N4O3/c1-30(21(33)9-2-3-15-12(4-9)19(23)31(29-15)22(26)27)17-8-34-7-16-18(17)10-5-13(24)14(25)6-11(10)20(32)28-16/h2-6,17,22H,7-8H2,1H3,(H,28,32)/t17-/m1/s1. The van der Waals surface area contributed by atoms with Crippen LogP contribution in [0, 0.1) is 11.6 Å². The lowest BCUT2D eigenvalue weighted by molar-refractivity contribution is 0.0336. The highest BCUT2D eigenvalue weighted by Gasteiger charge is 2.32. The first-order chi connectivity index (χ1) is 16.2. The van der Waals surface area contributed by atoms with Crippen LogP contribution < -0.4 is 5.56 Å². The van der Waals surface area contributed by atoms with Gasteiger partial charge < -0.3 is 14.6 Å². The molecule has 0 fully saturated rings. The number of nitrogens with zero attached hydrogens (tertiary/aromatic N) is 3. The van der Waals surface area contributed by atoms with Crippen LogP contribution in [0.5, 0.6) is 0 Å². The molecule has 2 aromatic carbocycles. The normalized spacial score (nSPS) is 15.8. The Labute approximate surface area is 193 Å². The Balaban J connectivity index is 1.59. The fraction of sp³-hybridized carbons (Fsp3) is 0.227. The number of carbonyl (C=O) groups excluding carboxylic acids is 1. The predicted molar refractivity (Wildman–Crippen MR) is 115 cm³/mol. The van der Waals surface area contributed by atoms with Crippen LogP contribution >= 0.6 is 11.6 Å². The van der Waals surface area contributed by atoms with Crippen molar-refractivity contribution in [1.82, 2.24) is 19.7 Å². The first kappa shape index (κ1) is 22.4. The van der Waals surface area contributed by atoms with Gasteiger partial charge in [0.1, 0.15) is 5.15 Å². The van der Waals surface area contributed by atoms with Gasteiger partial charge in [-0.3, -0.25) is 9.59 Å². The van der Waals surface area contributed by atoms with Gasteiger partial charge in [-0.05, 0) is 35.7 Å². The van der Waals surface area contributed by atoms with E-state index < -0.39 is 35.7 Å². The number of aromatic nitrogens is 3. The van der Waals surface area contributed by atoms with Gasteiger partial charge in [0.15, 0.2) is 11.6 Å². The number of alkyl halides is 2. The first-order valence-corrected chi connectivity index (χ1v) is 10.4.